The van der Waals surface area contributed by atoms with Crippen LogP contribution in [0.3, 0.4) is 0 Å². The second kappa shape index (κ2) is 6.15. The molecule has 1 N–H and O–H groups in total. The van der Waals surface area contributed by atoms with E-state index in [4.69, 9.17) is 9.47 Å². The summed E-state index contributed by atoms with van der Waals surface area (Å²) in [7, 11) is 1.67. The summed E-state index contributed by atoms with van der Waals surface area (Å²) < 4.78 is 11.0. The normalized spacial score (nSPS) is 30.2. The lowest BCUT2D eigenvalue weighted by Gasteiger charge is -2.43. The maximum absolute atomic E-state index is 10.8. The van der Waals surface area contributed by atoms with Crippen LogP contribution in [0.5, 0.6) is 5.75 Å². The Balaban J connectivity index is 1.94. The minimum Gasteiger partial charge on any atom is -0.497 e. The van der Waals surface area contributed by atoms with E-state index >= 15 is 0 Å². The molecule has 0 amide bonds. The van der Waals surface area contributed by atoms with Gasteiger partial charge in [0.25, 0.3) is 0 Å². The number of ether oxygens (including phenoxy) is 2. The van der Waals surface area contributed by atoms with Crippen LogP contribution >= 0.6 is 0 Å². The Kier molecular flexibility index (Phi) is 4.71. The van der Waals surface area contributed by atoms with Gasteiger partial charge in [-0.15, -0.1) is 0 Å². The number of rotatable bonds is 5. The lowest BCUT2D eigenvalue weighted by Crippen LogP contribution is -2.47. The molecular formula is C17H26O3. The van der Waals surface area contributed by atoms with E-state index in [9.17, 15) is 5.11 Å². The minimum atomic E-state index is -0.594. The molecule has 0 aliphatic carbocycles. The van der Waals surface area contributed by atoms with Crippen molar-refractivity contribution in [1.29, 1.82) is 0 Å². The SMILES string of the molecule is CCC1(C)CC(O)(CCc2ccc(OC)cc2)CCO1. The lowest BCUT2D eigenvalue weighted by molar-refractivity contribution is -0.155. The van der Waals surface area contributed by atoms with Crippen molar-refractivity contribution in [1.82, 2.24) is 0 Å². The van der Waals surface area contributed by atoms with Crippen molar-refractivity contribution in [2.24, 2.45) is 0 Å². The number of hydrogen-bond donors (Lipinski definition) is 1. The second-order valence-corrected chi connectivity index (χ2v) is 6.15. The van der Waals surface area contributed by atoms with Gasteiger partial charge in [-0.1, -0.05) is 19.1 Å². The van der Waals surface area contributed by atoms with E-state index < -0.39 is 5.60 Å². The van der Waals surface area contributed by atoms with Crippen LogP contribution in [0, 0.1) is 0 Å². The van der Waals surface area contributed by atoms with Crippen molar-refractivity contribution < 1.29 is 14.6 Å². The predicted molar refractivity (Wildman–Crippen MR) is 80.1 cm³/mol. The van der Waals surface area contributed by atoms with E-state index in [-0.39, 0.29) is 5.60 Å². The zero-order valence-corrected chi connectivity index (χ0v) is 12.8. The van der Waals surface area contributed by atoms with Crippen LogP contribution < -0.4 is 4.74 Å². The van der Waals surface area contributed by atoms with Crippen LogP contribution in [0.25, 0.3) is 0 Å². The summed E-state index contributed by atoms with van der Waals surface area (Å²) in [5, 5.41) is 10.8. The van der Waals surface area contributed by atoms with Gasteiger partial charge in [-0.05, 0) is 50.3 Å². The van der Waals surface area contributed by atoms with Gasteiger partial charge in [0.2, 0.25) is 0 Å². The summed E-state index contributed by atoms with van der Waals surface area (Å²) in [5.41, 5.74) is 0.472. The second-order valence-electron chi connectivity index (χ2n) is 6.15. The number of methoxy groups -OCH3 is 1. The molecule has 3 heteroatoms. The zero-order chi connectivity index (χ0) is 14.6. The average molecular weight is 278 g/mol. The highest BCUT2D eigenvalue weighted by Crippen LogP contribution is 2.37. The highest BCUT2D eigenvalue weighted by molar-refractivity contribution is 5.27. The van der Waals surface area contributed by atoms with Crippen LogP contribution in [-0.4, -0.2) is 30.0 Å². The number of hydrogen-bond acceptors (Lipinski definition) is 3. The summed E-state index contributed by atoms with van der Waals surface area (Å²) in [4.78, 5) is 0. The van der Waals surface area contributed by atoms with Crippen LogP contribution in [0.15, 0.2) is 24.3 Å². The summed E-state index contributed by atoms with van der Waals surface area (Å²) in [5.74, 6) is 0.872. The molecule has 2 unspecified atom stereocenters. The van der Waals surface area contributed by atoms with E-state index in [1.165, 1.54) is 5.56 Å². The number of aliphatic hydroxyl groups is 1. The third kappa shape index (κ3) is 3.74. The molecule has 1 aliphatic rings. The van der Waals surface area contributed by atoms with Crippen molar-refractivity contribution in [3.05, 3.63) is 29.8 Å². The van der Waals surface area contributed by atoms with Crippen LogP contribution in [0.2, 0.25) is 0 Å². The van der Waals surface area contributed by atoms with Crippen LogP contribution in [0.4, 0.5) is 0 Å². The topological polar surface area (TPSA) is 38.7 Å². The standard InChI is InChI=1S/C17H26O3/c1-4-16(2)13-17(18,11-12-20-16)10-9-14-5-7-15(19-3)8-6-14/h5-8,18H,4,9-13H2,1-3H3. The highest BCUT2D eigenvalue weighted by Gasteiger charge is 2.40. The molecule has 112 valence electrons. The molecule has 1 heterocycles. The molecule has 20 heavy (non-hydrogen) atoms. The number of aryl methyl sites for hydroxylation is 1. The summed E-state index contributed by atoms with van der Waals surface area (Å²) in [6, 6.07) is 8.08. The molecule has 3 nitrogen and oxygen atoms in total. The lowest BCUT2D eigenvalue weighted by atomic mass is 9.79. The van der Waals surface area contributed by atoms with Gasteiger partial charge in [-0.25, -0.2) is 0 Å². The fourth-order valence-corrected chi connectivity index (χ4v) is 2.93. The van der Waals surface area contributed by atoms with E-state index in [1.54, 1.807) is 7.11 Å². The van der Waals surface area contributed by atoms with Gasteiger partial charge < -0.3 is 14.6 Å². The molecule has 0 spiro atoms. The maximum atomic E-state index is 10.8. The Labute approximate surface area is 121 Å². The molecular weight excluding hydrogens is 252 g/mol. The van der Waals surface area contributed by atoms with E-state index in [2.05, 4.69) is 26.0 Å². The molecule has 1 saturated heterocycles. The van der Waals surface area contributed by atoms with Crippen molar-refractivity contribution in [3.8, 4) is 5.75 Å². The maximum Gasteiger partial charge on any atom is 0.118 e. The first-order chi connectivity index (χ1) is 9.49. The zero-order valence-electron chi connectivity index (χ0n) is 12.8. The molecule has 2 atom stereocenters. The van der Waals surface area contributed by atoms with Crippen molar-refractivity contribution >= 4 is 0 Å². The van der Waals surface area contributed by atoms with Crippen molar-refractivity contribution in [3.63, 3.8) is 0 Å². The largest absolute Gasteiger partial charge is 0.497 e. The monoisotopic (exact) mass is 278 g/mol. The Morgan fingerprint density at radius 2 is 2.00 bits per heavy atom. The van der Waals surface area contributed by atoms with Crippen molar-refractivity contribution in [2.45, 2.75) is 57.2 Å². The molecule has 1 fully saturated rings. The predicted octanol–water partition coefficient (Wildman–Crippen LogP) is 3.34. The molecule has 0 saturated carbocycles. The van der Waals surface area contributed by atoms with Gasteiger partial charge in [0.05, 0.1) is 24.9 Å². The Morgan fingerprint density at radius 1 is 1.30 bits per heavy atom. The average Bonchev–Trinajstić information content (AvgIpc) is 2.46. The third-order valence-corrected chi connectivity index (χ3v) is 4.51. The van der Waals surface area contributed by atoms with Gasteiger partial charge in [-0.2, -0.15) is 0 Å². The molecule has 0 aromatic heterocycles. The first-order valence-corrected chi connectivity index (χ1v) is 7.48. The molecule has 2 rings (SSSR count). The Morgan fingerprint density at radius 3 is 2.60 bits per heavy atom. The Hall–Kier alpha value is -1.06. The van der Waals surface area contributed by atoms with E-state index in [0.29, 0.717) is 6.61 Å². The third-order valence-electron chi connectivity index (χ3n) is 4.51. The van der Waals surface area contributed by atoms with E-state index in [0.717, 1.165) is 37.9 Å². The molecule has 0 radical (unpaired) electrons. The highest BCUT2D eigenvalue weighted by atomic mass is 16.5. The first-order valence-electron chi connectivity index (χ1n) is 7.48. The van der Waals surface area contributed by atoms with E-state index in [1.807, 2.05) is 12.1 Å². The quantitative estimate of drug-likeness (QED) is 0.898. The number of benzene rings is 1. The fourth-order valence-electron chi connectivity index (χ4n) is 2.93. The summed E-state index contributed by atoms with van der Waals surface area (Å²) >= 11 is 0. The van der Waals surface area contributed by atoms with Gasteiger partial charge in [0.15, 0.2) is 0 Å². The fraction of sp³-hybridized carbons (Fsp3) is 0.647. The minimum absolute atomic E-state index is 0.174. The van der Waals surface area contributed by atoms with Crippen LogP contribution in [-0.2, 0) is 11.2 Å². The molecule has 1 aromatic rings. The van der Waals surface area contributed by atoms with Gasteiger partial charge in [0, 0.05) is 6.42 Å². The van der Waals surface area contributed by atoms with Crippen molar-refractivity contribution in [2.75, 3.05) is 13.7 Å². The molecule has 0 bridgehead atoms. The molecule has 1 aromatic carbocycles. The first kappa shape index (κ1) is 15.3. The van der Waals surface area contributed by atoms with Crippen LogP contribution in [0.1, 0.15) is 45.1 Å². The smallest absolute Gasteiger partial charge is 0.118 e. The molecule has 1 aliphatic heterocycles. The summed E-state index contributed by atoms with van der Waals surface area (Å²) in [6.07, 6.45) is 4.09. The van der Waals surface area contributed by atoms with Gasteiger partial charge >= 0.3 is 0 Å². The van der Waals surface area contributed by atoms with Gasteiger partial charge in [0.1, 0.15) is 5.75 Å². The van der Waals surface area contributed by atoms with Gasteiger partial charge in [-0.3, -0.25) is 0 Å². The summed E-state index contributed by atoms with van der Waals surface area (Å²) in [6.45, 7) is 4.88. The Bertz CT molecular complexity index is 428.